The fraction of sp³-hybridized carbons (Fsp3) is 0.687. The number of hydrogen-bond donors (Lipinski definition) is 4. The Balaban J connectivity index is 1.02. The van der Waals surface area contributed by atoms with Crippen molar-refractivity contribution in [3.05, 3.63) is 81.9 Å². The minimum absolute atomic E-state index is 0.00647. The average Bonchev–Trinajstić information content (AvgIpc) is 1.61. The number of aliphatic hydroxyl groups is 1. The van der Waals surface area contributed by atoms with Gasteiger partial charge < -0.3 is 93.0 Å². The number of ketones is 3. The molecule has 2 saturated heterocycles. The first-order valence-corrected chi connectivity index (χ1v) is 40.0. The Hall–Kier alpha value is -7.45. The summed E-state index contributed by atoms with van der Waals surface area (Å²) < 4.78 is 68.6. The van der Waals surface area contributed by atoms with Gasteiger partial charge in [0.1, 0.15) is 65.0 Å². The Kier molecular flexibility index (Phi) is 42.6. The molecule has 0 radical (unpaired) electrons. The predicted octanol–water partition coefficient (Wildman–Crippen LogP) is 8.86. The van der Waals surface area contributed by atoms with Gasteiger partial charge in [-0.1, -0.05) is 108 Å². The van der Waals surface area contributed by atoms with E-state index in [4.69, 9.17) is 74.2 Å². The fourth-order valence-electron chi connectivity index (χ4n) is 13.5. The minimum Gasteiger partial charge on any atom is -0.495 e. The van der Waals surface area contributed by atoms with E-state index in [0.717, 1.165) is 24.0 Å². The fourth-order valence-corrected chi connectivity index (χ4v) is 13.8. The van der Waals surface area contributed by atoms with Gasteiger partial charge in [0, 0.05) is 104 Å². The number of rotatable bonds is 49. The van der Waals surface area contributed by atoms with Crippen molar-refractivity contribution in [2.24, 2.45) is 41.2 Å². The maximum Gasteiger partial charge on any atom is 0.409 e. The van der Waals surface area contributed by atoms with Gasteiger partial charge in [-0.25, -0.2) is 14.4 Å². The summed E-state index contributed by atoms with van der Waals surface area (Å²) >= 11 is 6.84. The number of halogens is 1. The van der Waals surface area contributed by atoms with E-state index in [1.807, 2.05) is 26.8 Å². The number of carbonyl (C=O) groups excluding carboxylic acids is 10. The Labute approximate surface area is 672 Å². The lowest BCUT2D eigenvalue weighted by Crippen LogP contribution is -2.53. The van der Waals surface area contributed by atoms with Crippen LogP contribution in [-0.2, 0) is 110 Å². The molecule has 3 aliphatic heterocycles. The third-order valence-electron chi connectivity index (χ3n) is 20.3. The van der Waals surface area contributed by atoms with Crippen molar-refractivity contribution in [3.8, 4) is 5.75 Å². The van der Waals surface area contributed by atoms with Crippen LogP contribution in [0.1, 0.15) is 156 Å². The Morgan fingerprint density at radius 2 is 1.36 bits per heavy atom. The van der Waals surface area contributed by atoms with Gasteiger partial charge in [-0.15, -0.1) is 0 Å². The summed E-state index contributed by atoms with van der Waals surface area (Å²) in [6.07, 6.45) is 2.97. The van der Waals surface area contributed by atoms with Gasteiger partial charge in [0.25, 0.3) is 0 Å². The second-order valence-electron chi connectivity index (χ2n) is 30.8. The van der Waals surface area contributed by atoms with E-state index in [9.17, 15) is 53.1 Å². The van der Waals surface area contributed by atoms with E-state index in [2.05, 4.69) is 38.3 Å². The molecular formula is C83H127ClN6O23. The number of anilines is 1. The zero-order valence-electron chi connectivity index (χ0n) is 68.9. The van der Waals surface area contributed by atoms with Crippen LogP contribution in [0.25, 0.3) is 0 Å². The standard InChI is InChI=1S/C83H127ClN6O23/c1-53(2)42-62(43-54(3)4)67(92)20-17-30-104-32-34-106-36-38-108-40-41-109-39-37-107-35-33-105-31-27-63(91)48-64(55(5)6)79(97)87-65(19-16-28-86-81(85)99)68(93)46-59-22-24-60(25-23-59)52-110-82(100)88(10)29-26-73(94)89(11)58(9)80(98)112-70-49-74(95)90(12)66-45-61(47-69(102-13)76(66)84)44-56(7)18-15-21-72(103-14)83(101)50-71(111-75(96)51-83)57(8)77-78(70)113-77/h15,18,21-25,45,47,53-55,57-58,62,64-65,70-72,77-78,101H,16-17,19-20,26-44,46,48-52H2,1-14H3,(H,87,97)(H3,85,86,99)/b21-15+,56-18+/t57-,58+,64+,65+,70?,71+,72-,77+,78+,83-/m1/s1. The molecule has 3 heterocycles. The number of nitrogens with one attached hydrogen (secondary N) is 2. The summed E-state index contributed by atoms with van der Waals surface area (Å²) in [6.45, 7) is 21.8. The molecule has 30 heteroatoms. The lowest BCUT2D eigenvalue weighted by atomic mass is 9.80. The first-order valence-electron chi connectivity index (χ1n) is 39.6. The molecule has 3 aliphatic rings. The number of allylic oxidation sites excluding steroid dienone is 3. The van der Waals surface area contributed by atoms with E-state index in [1.165, 1.54) is 57.0 Å². The van der Waals surface area contributed by atoms with Crippen LogP contribution in [0.4, 0.5) is 15.3 Å². The number of fused-ring (bicyclic) bond motifs is 5. The zero-order valence-corrected chi connectivity index (χ0v) is 69.7. The zero-order chi connectivity index (χ0) is 83.3. The number of urea groups is 1. The number of Topliss-reactive ketones (excluding diaryl/α,β-unsaturated/α-hetero) is 3. The van der Waals surface area contributed by atoms with Gasteiger partial charge in [0.05, 0.1) is 110 Å². The van der Waals surface area contributed by atoms with Crippen LogP contribution in [-0.4, -0.2) is 250 Å². The van der Waals surface area contributed by atoms with Crippen molar-refractivity contribution in [1.29, 1.82) is 0 Å². The van der Waals surface area contributed by atoms with Crippen LogP contribution < -0.4 is 26.0 Å². The number of benzene rings is 2. The summed E-state index contributed by atoms with van der Waals surface area (Å²) in [5.41, 5.74) is 6.80. The number of hydrogen-bond acceptors (Lipinski definition) is 23. The van der Waals surface area contributed by atoms with E-state index < -0.39 is 108 Å². The second kappa shape index (κ2) is 50.1. The molecule has 10 atom stereocenters. The van der Waals surface area contributed by atoms with Crippen molar-refractivity contribution in [2.45, 2.75) is 207 Å². The molecule has 0 aliphatic carbocycles. The van der Waals surface area contributed by atoms with Gasteiger partial charge in [0.15, 0.2) is 5.78 Å². The van der Waals surface area contributed by atoms with Crippen molar-refractivity contribution in [1.82, 2.24) is 20.4 Å². The third-order valence-corrected chi connectivity index (χ3v) is 20.7. The predicted molar refractivity (Wildman–Crippen MR) is 423 cm³/mol. The lowest BCUT2D eigenvalue weighted by Gasteiger charge is -2.41. The Morgan fingerprint density at radius 3 is 1.94 bits per heavy atom. The summed E-state index contributed by atoms with van der Waals surface area (Å²) in [6, 6.07) is 7.37. The SMILES string of the molecule is COc1cc2cc(c1Cl)N(C)C(=O)CC(OC(=O)[C@H](C)N(C)C(=O)CCN(C)C(=O)OCc1ccc(CC(=O)[C@H](CCCNC(N)=O)NC(=O)[C@@H](CC(=O)CCOCCOCCOCCOCCOCCOCCCC(=O)C(CC(C)C)CC(C)C)C(C)C)cc1)[C@@H]1O[C@H]1[C@H](C)[C@@H]1C[C@@](O)(CC(=O)O1)[C@H](OC)/C=C/C=C(\C)C2. The quantitative estimate of drug-likeness (QED) is 0.0208. The molecule has 5 rings (SSSR count). The molecule has 0 spiro atoms. The van der Waals surface area contributed by atoms with Crippen LogP contribution >= 0.6 is 11.6 Å². The number of ether oxygens (including phenoxy) is 12. The summed E-state index contributed by atoms with van der Waals surface area (Å²) in [5.74, 6) is -3.27. The van der Waals surface area contributed by atoms with E-state index in [-0.39, 0.29) is 113 Å². The molecule has 113 heavy (non-hydrogen) atoms. The van der Waals surface area contributed by atoms with E-state index in [0.29, 0.717) is 125 Å². The number of carbonyl (C=O) groups is 10. The number of nitrogens with zero attached hydrogens (tertiary/aromatic N) is 3. The van der Waals surface area contributed by atoms with Gasteiger partial charge in [-0.2, -0.15) is 0 Å². The van der Waals surface area contributed by atoms with Gasteiger partial charge >= 0.3 is 24.1 Å². The highest BCUT2D eigenvalue weighted by Crippen LogP contribution is 2.43. The van der Waals surface area contributed by atoms with E-state index >= 15 is 0 Å². The van der Waals surface area contributed by atoms with Crippen LogP contribution in [0.15, 0.2) is 60.2 Å². The van der Waals surface area contributed by atoms with Crippen LogP contribution in [0.2, 0.25) is 5.02 Å². The summed E-state index contributed by atoms with van der Waals surface area (Å²) in [4.78, 5) is 138. The average molecular weight is 1610 g/mol. The summed E-state index contributed by atoms with van der Waals surface area (Å²) in [5, 5.41) is 17.5. The molecule has 2 aromatic rings. The maximum absolute atomic E-state index is 14.4. The number of epoxide rings is 1. The first-order chi connectivity index (χ1) is 53.7. The lowest BCUT2D eigenvalue weighted by molar-refractivity contribution is -0.187. The second-order valence-corrected chi connectivity index (χ2v) is 31.2. The van der Waals surface area contributed by atoms with Crippen molar-refractivity contribution in [3.63, 3.8) is 0 Å². The van der Waals surface area contributed by atoms with Crippen molar-refractivity contribution >= 4 is 76.4 Å². The molecule has 4 bridgehead atoms. The Bertz CT molecular complexity index is 3420. The highest BCUT2D eigenvalue weighted by atomic mass is 35.5. The van der Waals surface area contributed by atoms with Crippen molar-refractivity contribution < 1.29 is 110 Å². The number of methoxy groups -OCH3 is 2. The van der Waals surface area contributed by atoms with Gasteiger partial charge in [0.2, 0.25) is 17.7 Å². The van der Waals surface area contributed by atoms with Crippen LogP contribution in [0.3, 0.4) is 0 Å². The van der Waals surface area contributed by atoms with Crippen molar-refractivity contribution in [2.75, 3.05) is 133 Å². The summed E-state index contributed by atoms with van der Waals surface area (Å²) in [7, 11) is 7.29. The highest BCUT2D eigenvalue weighted by Gasteiger charge is 2.56. The highest BCUT2D eigenvalue weighted by molar-refractivity contribution is 6.35. The third kappa shape index (κ3) is 34.1. The smallest absolute Gasteiger partial charge is 0.409 e. The molecular weight excluding hydrogens is 1480 g/mol. The minimum atomic E-state index is -1.65. The Morgan fingerprint density at radius 1 is 0.770 bits per heavy atom. The molecule has 1 unspecified atom stereocenters. The molecule has 5 N–H and O–H groups in total. The molecule has 29 nitrogen and oxygen atoms in total. The molecule has 6 amide bonds. The molecule has 2 aromatic carbocycles. The molecule has 0 aromatic heterocycles. The normalized spacial score (nSPS) is 20.8. The number of likely N-dealkylation sites (N-methyl/N-ethyl adjacent to an activating group) is 1. The molecule has 634 valence electrons. The monoisotopic (exact) mass is 1610 g/mol. The first kappa shape index (κ1) is 96.1. The number of amides is 6. The van der Waals surface area contributed by atoms with E-state index in [1.54, 1.807) is 55.5 Å². The van der Waals surface area contributed by atoms with Crippen LogP contribution in [0, 0.1) is 35.5 Å². The van der Waals surface area contributed by atoms with Gasteiger partial charge in [-0.05, 0) is 98.9 Å². The van der Waals surface area contributed by atoms with Gasteiger partial charge in [-0.3, -0.25) is 33.6 Å². The molecule has 0 saturated carbocycles. The van der Waals surface area contributed by atoms with Crippen LogP contribution in [0.5, 0.6) is 5.75 Å². The number of primary amides is 1. The number of esters is 2. The number of nitrogens with two attached hydrogens (primary N) is 1. The molecule has 2 fully saturated rings. The largest absolute Gasteiger partial charge is 0.495 e. The maximum atomic E-state index is 14.4. The topological polar surface area (TPSA) is 365 Å².